The Morgan fingerprint density at radius 2 is 1.61 bits per heavy atom. The molecule has 0 atom stereocenters. The Hall–Kier alpha value is -2.04. The van der Waals surface area contributed by atoms with Gasteiger partial charge in [-0.15, -0.1) is 0 Å². The molecule has 0 radical (unpaired) electrons. The van der Waals surface area contributed by atoms with Crippen LogP contribution in [0.3, 0.4) is 0 Å². The number of rotatable bonds is 1. The number of anilines is 1. The van der Waals surface area contributed by atoms with E-state index in [4.69, 9.17) is 5.73 Å². The van der Waals surface area contributed by atoms with Crippen molar-refractivity contribution in [2.45, 2.75) is 6.18 Å². The summed E-state index contributed by atoms with van der Waals surface area (Å²) in [5.74, 6) is -0.594. The second-order valence-corrected chi connectivity index (χ2v) is 3.78. The summed E-state index contributed by atoms with van der Waals surface area (Å²) < 4.78 is 51.8. The molecular weight excluding hydrogens is 246 g/mol. The van der Waals surface area contributed by atoms with Crippen molar-refractivity contribution >= 4 is 5.69 Å². The highest BCUT2D eigenvalue weighted by molar-refractivity contribution is 5.74. The van der Waals surface area contributed by atoms with Gasteiger partial charge in [-0.2, -0.15) is 13.2 Å². The van der Waals surface area contributed by atoms with Gasteiger partial charge in [-0.3, -0.25) is 0 Å². The van der Waals surface area contributed by atoms with Gasteiger partial charge in [0.2, 0.25) is 0 Å². The zero-order valence-electron chi connectivity index (χ0n) is 9.13. The van der Waals surface area contributed by atoms with Crippen LogP contribution in [0.4, 0.5) is 23.2 Å². The van der Waals surface area contributed by atoms with Crippen molar-refractivity contribution in [3.8, 4) is 11.1 Å². The van der Waals surface area contributed by atoms with Crippen LogP contribution in [0, 0.1) is 5.82 Å². The van der Waals surface area contributed by atoms with E-state index in [0.29, 0.717) is 0 Å². The van der Waals surface area contributed by atoms with Crippen LogP contribution in [0.2, 0.25) is 0 Å². The molecule has 0 aliphatic carbocycles. The summed E-state index contributed by atoms with van der Waals surface area (Å²) in [6, 6.07) is 8.83. The van der Waals surface area contributed by atoms with Crippen LogP contribution >= 0.6 is 0 Å². The van der Waals surface area contributed by atoms with Gasteiger partial charge >= 0.3 is 6.18 Å². The molecule has 2 N–H and O–H groups in total. The fraction of sp³-hybridized carbons (Fsp3) is 0.0769. The molecule has 0 saturated heterocycles. The molecule has 0 bridgehead atoms. The Bertz CT molecular complexity index is 575. The highest BCUT2D eigenvalue weighted by atomic mass is 19.4. The molecule has 2 aromatic carbocycles. The van der Waals surface area contributed by atoms with Crippen LogP contribution in [0.15, 0.2) is 42.5 Å². The first-order valence-electron chi connectivity index (χ1n) is 5.11. The zero-order valence-corrected chi connectivity index (χ0v) is 9.13. The molecule has 2 aromatic rings. The summed E-state index contributed by atoms with van der Waals surface area (Å²) in [5, 5.41) is 0. The lowest BCUT2D eigenvalue weighted by Gasteiger charge is -2.15. The highest BCUT2D eigenvalue weighted by Crippen LogP contribution is 2.40. The molecule has 1 nitrogen and oxygen atoms in total. The van der Waals surface area contributed by atoms with Crippen molar-refractivity contribution < 1.29 is 17.6 Å². The molecule has 0 aliphatic heterocycles. The van der Waals surface area contributed by atoms with E-state index in [1.807, 2.05) is 0 Å². The molecule has 5 heteroatoms. The minimum atomic E-state index is -4.58. The monoisotopic (exact) mass is 255 g/mol. The first-order chi connectivity index (χ1) is 8.39. The fourth-order valence-electron chi connectivity index (χ4n) is 1.78. The Morgan fingerprint density at radius 3 is 2.22 bits per heavy atom. The quantitative estimate of drug-likeness (QED) is 0.602. The minimum Gasteiger partial charge on any atom is -0.398 e. The lowest BCUT2D eigenvalue weighted by molar-refractivity contribution is -0.136. The molecule has 0 saturated carbocycles. The Balaban J connectivity index is 2.69. The van der Waals surface area contributed by atoms with Crippen molar-refractivity contribution in [1.29, 1.82) is 0 Å². The van der Waals surface area contributed by atoms with E-state index in [0.717, 1.165) is 6.07 Å². The number of nitrogen functional groups attached to an aromatic ring is 1. The maximum atomic E-state index is 13.1. The zero-order chi connectivity index (χ0) is 13.3. The van der Waals surface area contributed by atoms with Gasteiger partial charge in [0.05, 0.1) is 5.56 Å². The van der Waals surface area contributed by atoms with Crippen molar-refractivity contribution in [3.05, 3.63) is 53.8 Å². The van der Waals surface area contributed by atoms with Gasteiger partial charge in [0.25, 0.3) is 0 Å². The highest BCUT2D eigenvalue weighted by Gasteiger charge is 2.35. The van der Waals surface area contributed by atoms with Gasteiger partial charge in [-0.1, -0.05) is 24.3 Å². The normalized spacial score (nSPS) is 11.6. The molecule has 0 heterocycles. The van der Waals surface area contributed by atoms with Crippen LogP contribution in [-0.2, 0) is 6.18 Å². The van der Waals surface area contributed by atoms with Crippen LogP contribution in [-0.4, -0.2) is 0 Å². The van der Waals surface area contributed by atoms with Crippen LogP contribution < -0.4 is 5.73 Å². The van der Waals surface area contributed by atoms with Gasteiger partial charge in [0.15, 0.2) is 0 Å². The minimum absolute atomic E-state index is 0.123. The number of nitrogens with two attached hydrogens (primary N) is 1. The van der Waals surface area contributed by atoms with Gasteiger partial charge < -0.3 is 5.73 Å². The summed E-state index contributed by atoms with van der Waals surface area (Å²) in [6.07, 6.45) is -4.58. The second-order valence-electron chi connectivity index (χ2n) is 3.78. The average molecular weight is 255 g/mol. The molecule has 94 valence electrons. The SMILES string of the molecule is Nc1cccc(-c2cccc(F)c2)c1C(F)(F)F. The number of halogens is 4. The summed E-state index contributed by atoms with van der Waals surface area (Å²) >= 11 is 0. The van der Waals surface area contributed by atoms with Gasteiger partial charge in [0, 0.05) is 5.69 Å². The predicted molar refractivity (Wildman–Crippen MR) is 61.3 cm³/mol. The van der Waals surface area contributed by atoms with E-state index in [1.165, 1.54) is 36.4 Å². The maximum Gasteiger partial charge on any atom is 0.418 e. The van der Waals surface area contributed by atoms with Gasteiger partial charge in [-0.05, 0) is 29.3 Å². The second kappa shape index (κ2) is 4.33. The molecular formula is C13H9F4N. The summed E-state index contributed by atoms with van der Waals surface area (Å²) in [7, 11) is 0. The van der Waals surface area contributed by atoms with Crippen LogP contribution in [0.25, 0.3) is 11.1 Å². The predicted octanol–water partition coefficient (Wildman–Crippen LogP) is 4.09. The molecule has 0 unspecified atom stereocenters. The first-order valence-corrected chi connectivity index (χ1v) is 5.11. The van der Waals surface area contributed by atoms with Gasteiger partial charge in [0.1, 0.15) is 5.82 Å². The topological polar surface area (TPSA) is 26.0 Å². The van der Waals surface area contributed by atoms with E-state index >= 15 is 0 Å². The summed E-state index contributed by atoms with van der Waals surface area (Å²) in [5.41, 5.74) is 4.09. The van der Waals surface area contributed by atoms with E-state index in [9.17, 15) is 17.6 Å². The first kappa shape index (κ1) is 12.4. The smallest absolute Gasteiger partial charge is 0.398 e. The molecule has 0 aliphatic rings. The van der Waals surface area contributed by atoms with Crippen molar-refractivity contribution in [2.24, 2.45) is 0 Å². The molecule has 0 amide bonds. The van der Waals surface area contributed by atoms with Crippen molar-refractivity contribution in [2.75, 3.05) is 5.73 Å². The Labute approximate surface area is 101 Å². The summed E-state index contributed by atoms with van der Waals surface area (Å²) in [4.78, 5) is 0. The molecule has 0 aromatic heterocycles. The Morgan fingerprint density at radius 1 is 0.944 bits per heavy atom. The number of hydrogen-bond acceptors (Lipinski definition) is 1. The molecule has 0 spiro atoms. The number of hydrogen-bond donors (Lipinski definition) is 1. The van der Waals surface area contributed by atoms with E-state index in [1.54, 1.807) is 0 Å². The average Bonchev–Trinajstić information content (AvgIpc) is 2.27. The number of benzene rings is 2. The molecule has 0 fully saturated rings. The van der Waals surface area contributed by atoms with Gasteiger partial charge in [-0.25, -0.2) is 4.39 Å². The third kappa shape index (κ3) is 2.30. The fourth-order valence-corrected chi connectivity index (χ4v) is 1.78. The molecule has 2 rings (SSSR count). The standard InChI is InChI=1S/C13H9F4N/c14-9-4-1-3-8(7-9)10-5-2-6-11(18)12(10)13(15,16)17/h1-7H,18H2. The maximum absolute atomic E-state index is 13.1. The lowest BCUT2D eigenvalue weighted by Crippen LogP contribution is -2.10. The number of alkyl halides is 3. The van der Waals surface area contributed by atoms with E-state index < -0.39 is 17.6 Å². The third-order valence-corrected chi connectivity index (χ3v) is 2.52. The summed E-state index contributed by atoms with van der Waals surface area (Å²) in [6.45, 7) is 0. The lowest BCUT2D eigenvalue weighted by atomic mass is 9.98. The van der Waals surface area contributed by atoms with Crippen LogP contribution in [0.1, 0.15) is 5.56 Å². The van der Waals surface area contributed by atoms with Crippen molar-refractivity contribution in [3.63, 3.8) is 0 Å². The Kier molecular flexibility index (Phi) is 2.98. The molecule has 18 heavy (non-hydrogen) atoms. The van der Waals surface area contributed by atoms with E-state index in [2.05, 4.69) is 0 Å². The largest absolute Gasteiger partial charge is 0.418 e. The third-order valence-electron chi connectivity index (χ3n) is 2.52. The van der Waals surface area contributed by atoms with E-state index in [-0.39, 0.29) is 16.8 Å². The van der Waals surface area contributed by atoms with Crippen molar-refractivity contribution in [1.82, 2.24) is 0 Å². The van der Waals surface area contributed by atoms with Crippen LogP contribution in [0.5, 0.6) is 0 Å².